The second kappa shape index (κ2) is 5.31. The molecule has 0 aromatic heterocycles. The monoisotopic (exact) mass is 196 g/mol. The summed E-state index contributed by atoms with van der Waals surface area (Å²) < 4.78 is 5.14. The average Bonchev–Trinajstić information content (AvgIpc) is 2.19. The summed E-state index contributed by atoms with van der Waals surface area (Å²) in [5.74, 6) is 0. The molecule has 1 aromatic carbocycles. The smallest absolute Gasteiger partial charge is 0.274 e. The molecular formula is C9H12N2O3. The van der Waals surface area contributed by atoms with Gasteiger partial charge in [-0.3, -0.25) is 15.4 Å². The Hall–Kier alpha value is -1.46. The van der Waals surface area contributed by atoms with E-state index >= 15 is 0 Å². The van der Waals surface area contributed by atoms with Crippen molar-refractivity contribution in [2.24, 2.45) is 0 Å². The molecule has 5 nitrogen and oxygen atoms in total. The molecule has 1 N–H and O–H groups in total. The number of rotatable bonds is 5. The van der Waals surface area contributed by atoms with Gasteiger partial charge in [-0.25, -0.2) is 0 Å². The summed E-state index contributed by atoms with van der Waals surface area (Å²) in [6.07, 6.45) is 0. The van der Waals surface area contributed by atoms with Crippen LogP contribution < -0.4 is 5.32 Å². The van der Waals surface area contributed by atoms with E-state index in [4.69, 9.17) is 4.74 Å². The minimum absolute atomic E-state index is 0.101. The third kappa shape index (κ3) is 2.79. The average molecular weight is 196 g/mol. The molecule has 0 unspecified atom stereocenters. The van der Waals surface area contributed by atoms with Crippen LogP contribution in [-0.4, -0.2) is 18.7 Å². The lowest BCUT2D eigenvalue weighted by Gasteiger charge is -2.03. The topological polar surface area (TPSA) is 64.4 Å². The molecule has 0 atom stereocenters. The summed E-state index contributed by atoms with van der Waals surface area (Å²) in [5.41, 5.74) is 0.691. The first-order chi connectivity index (χ1) is 6.75. The second-order valence-electron chi connectivity index (χ2n) is 2.73. The maximum atomic E-state index is 10.6. The van der Waals surface area contributed by atoms with Gasteiger partial charge in [0.05, 0.1) is 23.8 Å². The Labute approximate surface area is 81.8 Å². The van der Waals surface area contributed by atoms with Gasteiger partial charge in [-0.2, -0.15) is 0 Å². The van der Waals surface area contributed by atoms with Gasteiger partial charge in [-0.15, -0.1) is 0 Å². The number of benzene rings is 1. The quantitative estimate of drug-likeness (QED) is 0.333. The molecule has 0 radical (unpaired) electrons. The number of ether oxygens (including phenoxy) is 1. The fraction of sp³-hybridized carbons (Fsp3) is 0.333. The number of nitrogens with one attached hydrogen (secondary N) is 1. The molecule has 0 fully saturated rings. The normalized spacial score (nSPS) is 10.1. The van der Waals surface area contributed by atoms with Crippen molar-refractivity contribution in [2.45, 2.75) is 6.61 Å². The van der Waals surface area contributed by atoms with Crippen molar-refractivity contribution in [2.75, 3.05) is 13.8 Å². The first-order valence-electron chi connectivity index (χ1n) is 4.20. The molecule has 1 rings (SSSR count). The van der Waals surface area contributed by atoms with Crippen LogP contribution in [0.4, 0.5) is 5.69 Å². The molecular weight excluding hydrogens is 184 g/mol. The van der Waals surface area contributed by atoms with Gasteiger partial charge in [0.1, 0.15) is 0 Å². The fourth-order valence-corrected chi connectivity index (χ4v) is 1.07. The Morgan fingerprint density at radius 1 is 1.50 bits per heavy atom. The highest BCUT2D eigenvalue weighted by Crippen LogP contribution is 2.17. The van der Waals surface area contributed by atoms with Crippen molar-refractivity contribution in [1.29, 1.82) is 0 Å². The summed E-state index contributed by atoms with van der Waals surface area (Å²) in [6, 6.07) is 6.55. The number of hydrogen-bond acceptors (Lipinski definition) is 4. The Balaban J connectivity index is 2.69. The first kappa shape index (κ1) is 10.6. The standard InChI is InChI=1S/C9H12N2O3/c1-10-7-14-6-8-4-2-3-5-9(8)11(12)13/h2-5,10H,6-7H2,1H3. The van der Waals surface area contributed by atoms with Crippen LogP contribution >= 0.6 is 0 Å². The third-order valence-corrected chi connectivity index (χ3v) is 1.69. The predicted molar refractivity (Wildman–Crippen MR) is 51.8 cm³/mol. The minimum Gasteiger partial charge on any atom is -0.361 e. The van der Waals surface area contributed by atoms with Gasteiger partial charge in [0.25, 0.3) is 5.69 Å². The molecule has 0 heterocycles. The summed E-state index contributed by atoms with van der Waals surface area (Å²) in [5, 5.41) is 13.4. The van der Waals surface area contributed by atoms with Gasteiger partial charge in [0.2, 0.25) is 0 Å². The number of hydrogen-bond donors (Lipinski definition) is 1. The first-order valence-corrected chi connectivity index (χ1v) is 4.20. The molecule has 0 amide bonds. The zero-order valence-electron chi connectivity index (χ0n) is 7.90. The molecule has 0 saturated heterocycles. The highest BCUT2D eigenvalue weighted by atomic mass is 16.6. The van der Waals surface area contributed by atoms with Crippen LogP contribution in [0.15, 0.2) is 24.3 Å². The van der Waals surface area contributed by atoms with Crippen LogP contribution in [0, 0.1) is 10.1 Å². The van der Waals surface area contributed by atoms with Gasteiger partial charge in [-0.05, 0) is 13.1 Å². The van der Waals surface area contributed by atoms with Crippen LogP contribution in [0.3, 0.4) is 0 Å². The number of nitrogens with zero attached hydrogens (tertiary/aromatic N) is 1. The fourth-order valence-electron chi connectivity index (χ4n) is 1.07. The summed E-state index contributed by atoms with van der Waals surface area (Å²) in [4.78, 5) is 10.2. The summed E-state index contributed by atoms with van der Waals surface area (Å²) in [6.45, 7) is 0.629. The molecule has 0 bridgehead atoms. The van der Waals surface area contributed by atoms with Crippen molar-refractivity contribution in [3.63, 3.8) is 0 Å². The lowest BCUT2D eigenvalue weighted by molar-refractivity contribution is -0.386. The summed E-state index contributed by atoms with van der Waals surface area (Å²) in [7, 11) is 1.75. The highest BCUT2D eigenvalue weighted by Gasteiger charge is 2.11. The molecule has 76 valence electrons. The Morgan fingerprint density at radius 3 is 2.86 bits per heavy atom. The molecule has 0 aliphatic heterocycles. The molecule has 0 aliphatic carbocycles. The maximum Gasteiger partial charge on any atom is 0.274 e. The number of nitro benzene ring substituents is 1. The van der Waals surface area contributed by atoms with Gasteiger partial charge < -0.3 is 4.74 Å². The largest absolute Gasteiger partial charge is 0.361 e. The molecule has 0 aliphatic rings. The predicted octanol–water partition coefficient (Wildman–Crippen LogP) is 1.29. The Kier molecular flexibility index (Phi) is 4.03. The SMILES string of the molecule is CNCOCc1ccccc1[N+](=O)[O-]. The van der Waals surface area contributed by atoms with Gasteiger partial charge in [-0.1, -0.05) is 12.1 Å². The van der Waals surface area contributed by atoms with E-state index in [2.05, 4.69) is 5.32 Å². The van der Waals surface area contributed by atoms with Crippen LogP contribution in [-0.2, 0) is 11.3 Å². The molecule has 0 spiro atoms. The number of para-hydroxylation sites is 1. The van der Waals surface area contributed by atoms with Crippen LogP contribution in [0.25, 0.3) is 0 Å². The van der Waals surface area contributed by atoms with E-state index in [1.54, 1.807) is 25.2 Å². The zero-order valence-corrected chi connectivity index (χ0v) is 7.90. The highest BCUT2D eigenvalue weighted by molar-refractivity contribution is 5.39. The van der Waals surface area contributed by atoms with Crippen LogP contribution in [0.1, 0.15) is 5.56 Å². The Bertz CT molecular complexity index is 315. The van der Waals surface area contributed by atoms with E-state index in [-0.39, 0.29) is 12.3 Å². The lowest BCUT2D eigenvalue weighted by Crippen LogP contribution is -2.11. The van der Waals surface area contributed by atoms with E-state index in [0.717, 1.165) is 0 Å². The van der Waals surface area contributed by atoms with Crippen molar-refractivity contribution < 1.29 is 9.66 Å². The molecule has 14 heavy (non-hydrogen) atoms. The van der Waals surface area contributed by atoms with Crippen LogP contribution in [0.5, 0.6) is 0 Å². The van der Waals surface area contributed by atoms with E-state index < -0.39 is 4.92 Å². The molecule has 5 heteroatoms. The van der Waals surface area contributed by atoms with E-state index in [1.807, 2.05) is 0 Å². The van der Waals surface area contributed by atoms with Crippen molar-refractivity contribution in [3.8, 4) is 0 Å². The van der Waals surface area contributed by atoms with Gasteiger partial charge >= 0.3 is 0 Å². The molecule has 1 aromatic rings. The minimum atomic E-state index is -0.405. The molecule has 0 saturated carbocycles. The van der Waals surface area contributed by atoms with Crippen molar-refractivity contribution >= 4 is 5.69 Å². The zero-order chi connectivity index (χ0) is 10.4. The van der Waals surface area contributed by atoms with Crippen LogP contribution in [0.2, 0.25) is 0 Å². The van der Waals surface area contributed by atoms with Crippen molar-refractivity contribution in [3.05, 3.63) is 39.9 Å². The van der Waals surface area contributed by atoms with Gasteiger partial charge in [0, 0.05) is 6.07 Å². The second-order valence-corrected chi connectivity index (χ2v) is 2.73. The summed E-state index contributed by atoms with van der Waals surface area (Å²) >= 11 is 0. The maximum absolute atomic E-state index is 10.6. The Morgan fingerprint density at radius 2 is 2.21 bits per heavy atom. The third-order valence-electron chi connectivity index (χ3n) is 1.69. The van der Waals surface area contributed by atoms with E-state index in [9.17, 15) is 10.1 Å². The number of nitro groups is 1. The lowest BCUT2D eigenvalue weighted by atomic mass is 10.2. The van der Waals surface area contributed by atoms with E-state index in [0.29, 0.717) is 12.3 Å². The van der Waals surface area contributed by atoms with E-state index in [1.165, 1.54) is 6.07 Å². The van der Waals surface area contributed by atoms with Gasteiger partial charge in [0.15, 0.2) is 0 Å². The van der Waals surface area contributed by atoms with Crippen molar-refractivity contribution in [1.82, 2.24) is 5.32 Å².